The molecular weight excluding hydrogens is 414 g/mol. The number of allylic oxidation sites excluding steroid dienone is 2. The number of carboxylic acid groups (broad SMARTS) is 1. The van der Waals surface area contributed by atoms with E-state index in [0.717, 1.165) is 27.1 Å². The smallest absolute Gasteiger partial charge is 0.341 e. The summed E-state index contributed by atoms with van der Waals surface area (Å²) in [6.07, 6.45) is 4.52. The van der Waals surface area contributed by atoms with E-state index in [0.29, 0.717) is 17.0 Å². The second kappa shape index (κ2) is 7.96. The van der Waals surface area contributed by atoms with Gasteiger partial charge in [-0.15, -0.1) is 11.3 Å². The Morgan fingerprint density at radius 3 is 2.35 bits per heavy atom. The number of ether oxygens (including phenoxy) is 1. The minimum atomic E-state index is -0.955. The zero-order valence-electron chi connectivity index (χ0n) is 17.9. The molecule has 2 aliphatic carbocycles. The van der Waals surface area contributed by atoms with Gasteiger partial charge in [-0.25, -0.2) is 4.79 Å². The van der Waals surface area contributed by atoms with E-state index >= 15 is 0 Å². The van der Waals surface area contributed by atoms with Crippen molar-refractivity contribution in [2.24, 2.45) is 23.7 Å². The molecular formula is C24H25NO5S. The first-order valence-corrected chi connectivity index (χ1v) is 11.1. The summed E-state index contributed by atoms with van der Waals surface area (Å²) >= 11 is 1.31. The van der Waals surface area contributed by atoms with Crippen molar-refractivity contribution in [2.75, 3.05) is 12.4 Å². The number of aryl methyl sites for hydroxylation is 3. The molecule has 0 radical (unpaired) electrons. The molecule has 1 amide bonds. The van der Waals surface area contributed by atoms with E-state index in [-0.39, 0.29) is 17.7 Å². The number of anilines is 1. The second-order valence-corrected chi connectivity index (χ2v) is 9.58. The predicted octanol–water partition coefficient (Wildman–Crippen LogP) is 4.59. The third-order valence-electron chi connectivity index (χ3n) is 6.55. The van der Waals surface area contributed by atoms with Crippen LogP contribution in [0.25, 0.3) is 11.1 Å². The number of hydrogen-bond donors (Lipinski definition) is 2. The van der Waals surface area contributed by atoms with Gasteiger partial charge in [-0.1, -0.05) is 30.4 Å². The number of amides is 1. The summed E-state index contributed by atoms with van der Waals surface area (Å²) in [6.45, 7) is 5.93. The van der Waals surface area contributed by atoms with Gasteiger partial charge in [0, 0.05) is 10.4 Å². The third kappa shape index (κ3) is 3.57. The van der Waals surface area contributed by atoms with Crippen molar-refractivity contribution in [2.45, 2.75) is 27.2 Å². The quantitative estimate of drug-likeness (QED) is 0.525. The molecule has 0 spiro atoms. The highest BCUT2D eigenvalue weighted by Crippen LogP contribution is 2.49. The Balaban J connectivity index is 1.73. The van der Waals surface area contributed by atoms with Crippen LogP contribution in [0.2, 0.25) is 0 Å². The van der Waals surface area contributed by atoms with Gasteiger partial charge in [0.15, 0.2) is 0 Å². The molecule has 1 fully saturated rings. The Morgan fingerprint density at radius 2 is 1.74 bits per heavy atom. The number of rotatable bonds is 5. The number of carbonyl (C=O) groups excluding carboxylic acids is 2. The fourth-order valence-corrected chi connectivity index (χ4v) is 5.95. The normalized spacial score (nSPS) is 23.7. The number of carboxylic acids is 1. The van der Waals surface area contributed by atoms with Crippen molar-refractivity contribution in [3.05, 3.63) is 51.9 Å². The van der Waals surface area contributed by atoms with E-state index in [4.69, 9.17) is 4.74 Å². The number of esters is 1. The number of aliphatic carboxylic acids is 1. The lowest BCUT2D eigenvalue weighted by Gasteiger charge is -2.23. The number of fused-ring (bicyclic) bond motifs is 2. The highest BCUT2D eigenvalue weighted by atomic mass is 32.1. The maximum Gasteiger partial charge on any atom is 0.341 e. The second-order valence-electron chi connectivity index (χ2n) is 8.36. The Labute approximate surface area is 184 Å². The van der Waals surface area contributed by atoms with Crippen LogP contribution in [0.5, 0.6) is 0 Å². The minimum absolute atomic E-state index is 0.0899. The van der Waals surface area contributed by atoms with E-state index in [1.165, 1.54) is 18.4 Å². The van der Waals surface area contributed by atoms with Gasteiger partial charge < -0.3 is 15.2 Å². The summed E-state index contributed by atoms with van der Waals surface area (Å²) in [5.74, 6) is -3.44. The molecule has 2 aromatic rings. The summed E-state index contributed by atoms with van der Waals surface area (Å²) in [7, 11) is 1.31. The van der Waals surface area contributed by atoms with Crippen molar-refractivity contribution in [1.82, 2.24) is 0 Å². The highest BCUT2D eigenvalue weighted by Gasteiger charge is 2.51. The SMILES string of the molecule is COC(=O)c1c(NC(=O)[C@@H]2[C@@H](C(=O)O)[C@H]3C=C[C@H]2C3)sc(C)c1-c1ccc(C)c(C)c1. The van der Waals surface area contributed by atoms with Gasteiger partial charge in [0.1, 0.15) is 10.6 Å². The lowest BCUT2D eigenvalue weighted by molar-refractivity contribution is -0.146. The maximum absolute atomic E-state index is 13.2. The minimum Gasteiger partial charge on any atom is -0.481 e. The van der Waals surface area contributed by atoms with Gasteiger partial charge in [-0.3, -0.25) is 9.59 Å². The van der Waals surface area contributed by atoms with Gasteiger partial charge in [-0.2, -0.15) is 0 Å². The Kier molecular flexibility index (Phi) is 5.47. The molecule has 4 rings (SSSR count). The zero-order valence-corrected chi connectivity index (χ0v) is 18.7. The zero-order chi connectivity index (χ0) is 22.4. The Hall–Kier alpha value is -2.93. The molecule has 1 heterocycles. The van der Waals surface area contributed by atoms with Gasteiger partial charge in [0.25, 0.3) is 0 Å². The van der Waals surface area contributed by atoms with Crippen LogP contribution >= 0.6 is 11.3 Å². The number of benzene rings is 1. The summed E-state index contributed by atoms with van der Waals surface area (Å²) in [4.78, 5) is 38.6. The van der Waals surface area contributed by atoms with Gasteiger partial charge in [0.05, 0.1) is 18.9 Å². The first kappa shape index (κ1) is 21.3. The number of carbonyl (C=O) groups is 3. The molecule has 2 bridgehead atoms. The average Bonchev–Trinajstić information content (AvgIpc) is 3.42. The summed E-state index contributed by atoms with van der Waals surface area (Å²) in [6, 6.07) is 5.97. The number of hydrogen-bond acceptors (Lipinski definition) is 5. The standard InChI is InChI=1S/C24H25NO5S/c1-11-5-6-14(9-12(11)2)17-13(3)31-22(20(17)24(29)30-4)25-21(26)18-15-7-8-16(10-15)19(18)23(27)28/h5-9,15-16,18-19H,10H2,1-4H3,(H,25,26)(H,27,28)/t15-,16-,18-,19-/m0/s1. The molecule has 0 aliphatic heterocycles. The molecule has 2 N–H and O–H groups in total. The van der Waals surface area contributed by atoms with Crippen LogP contribution in [-0.4, -0.2) is 30.1 Å². The molecule has 1 saturated carbocycles. The van der Waals surface area contributed by atoms with Crippen molar-refractivity contribution >= 4 is 34.2 Å². The molecule has 31 heavy (non-hydrogen) atoms. The Morgan fingerprint density at radius 1 is 1.06 bits per heavy atom. The van der Waals surface area contributed by atoms with E-state index < -0.39 is 23.8 Å². The lowest BCUT2D eigenvalue weighted by atomic mass is 9.82. The van der Waals surface area contributed by atoms with E-state index in [1.807, 2.05) is 51.1 Å². The molecule has 7 heteroatoms. The monoisotopic (exact) mass is 439 g/mol. The fourth-order valence-electron chi connectivity index (χ4n) is 4.89. The number of methoxy groups -OCH3 is 1. The third-order valence-corrected chi connectivity index (χ3v) is 7.57. The van der Waals surface area contributed by atoms with Crippen LogP contribution < -0.4 is 5.32 Å². The van der Waals surface area contributed by atoms with E-state index in [1.54, 1.807) is 0 Å². The van der Waals surface area contributed by atoms with Crippen LogP contribution in [-0.2, 0) is 14.3 Å². The summed E-state index contributed by atoms with van der Waals surface area (Å²) < 4.78 is 5.03. The molecule has 0 unspecified atom stereocenters. The van der Waals surface area contributed by atoms with Crippen LogP contribution in [0, 0.1) is 44.4 Å². The summed E-state index contributed by atoms with van der Waals surface area (Å²) in [5, 5.41) is 12.9. The van der Waals surface area contributed by atoms with Gasteiger partial charge in [-0.05, 0) is 55.7 Å². The van der Waals surface area contributed by atoms with Crippen molar-refractivity contribution in [1.29, 1.82) is 0 Å². The molecule has 1 aromatic heterocycles. The number of thiophene rings is 1. The molecule has 162 valence electrons. The van der Waals surface area contributed by atoms with Crippen molar-refractivity contribution in [3.8, 4) is 11.1 Å². The molecule has 0 saturated heterocycles. The highest BCUT2D eigenvalue weighted by molar-refractivity contribution is 7.17. The summed E-state index contributed by atoms with van der Waals surface area (Å²) in [5.41, 5.74) is 4.17. The van der Waals surface area contributed by atoms with Gasteiger partial charge in [0.2, 0.25) is 5.91 Å². The van der Waals surface area contributed by atoms with E-state index in [2.05, 4.69) is 5.32 Å². The molecule has 6 nitrogen and oxygen atoms in total. The lowest BCUT2D eigenvalue weighted by Crippen LogP contribution is -2.36. The average molecular weight is 440 g/mol. The first-order valence-electron chi connectivity index (χ1n) is 10.2. The first-order chi connectivity index (χ1) is 14.7. The maximum atomic E-state index is 13.2. The largest absolute Gasteiger partial charge is 0.481 e. The fraction of sp³-hybridized carbons (Fsp3) is 0.375. The predicted molar refractivity (Wildman–Crippen MR) is 119 cm³/mol. The Bertz CT molecular complexity index is 1120. The van der Waals surface area contributed by atoms with Crippen LogP contribution in [0.3, 0.4) is 0 Å². The molecule has 2 aliphatic rings. The number of nitrogens with one attached hydrogen (secondary N) is 1. The van der Waals surface area contributed by atoms with Gasteiger partial charge >= 0.3 is 11.9 Å². The van der Waals surface area contributed by atoms with Crippen LogP contribution in [0.1, 0.15) is 32.8 Å². The molecule has 1 aromatic carbocycles. The van der Waals surface area contributed by atoms with Crippen LogP contribution in [0.4, 0.5) is 5.00 Å². The topological polar surface area (TPSA) is 92.7 Å². The van der Waals surface area contributed by atoms with E-state index in [9.17, 15) is 19.5 Å². The molecule has 4 atom stereocenters. The van der Waals surface area contributed by atoms with Crippen LogP contribution in [0.15, 0.2) is 30.4 Å². The van der Waals surface area contributed by atoms with Crippen molar-refractivity contribution < 1.29 is 24.2 Å². The van der Waals surface area contributed by atoms with Crippen molar-refractivity contribution in [3.63, 3.8) is 0 Å².